The number of anilines is 1. The molecule has 1 saturated heterocycles. The number of amides is 1. The molecule has 148 valence electrons. The van der Waals surface area contributed by atoms with Crippen molar-refractivity contribution < 1.29 is 4.79 Å². The number of nitrogens with zero attached hydrogens (tertiary/aromatic N) is 5. The molecule has 0 bridgehead atoms. The Morgan fingerprint density at radius 1 is 0.897 bits per heavy atom. The van der Waals surface area contributed by atoms with Gasteiger partial charge in [0.2, 0.25) is 0 Å². The molecule has 1 N–H and O–H groups in total. The summed E-state index contributed by atoms with van der Waals surface area (Å²) in [6, 6.07) is 17.8. The highest BCUT2D eigenvalue weighted by Gasteiger charge is 2.23. The molecule has 7 nitrogen and oxygen atoms in total. The van der Waals surface area contributed by atoms with E-state index in [4.69, 9.17) is 0 Å². The standard InChI is InChI=1S/C22H24N6O/c29-22(28-13-11-27(12-14-28)17-18-5-2-1-3-6-18)20-8-9-21(26-25-20)24-16-19-7-4-10-23-15-19/h1-10,15H,11-14,16-17H2,(H,24,26). The number of piperazine rings is 1. The first-order chi connectivity index (χ1) is 14.3. The normalized spacial score (nSPS) is 14.6. The van der Waals surface area contributed by atoms with E-state index in [-0.39, 0.29) is 5.91 Å². The molecule has 0 aliphatic carbocycles. The third-order valence-corrected chi connectivity index (χ3v) is 4.99. The van der Waals surface area contributed by atoms with Gasteiger partial charge < -0.3 is 10.2 Å². The molecule has 3 aromatic rings. The SMILES string of the molecule is O=C(c1ccc(NCc2cccnc2)nn1)N1CCN(Cc2ccccc2)CC1. The minimum Gasteiger partial charge on any atom is -0.364 e. The topological polar surface area (TPSA) is 74.2 Å². The van der Waals surface area contributed by atoms with E-state index in [1.54, 1.807) is 24.5 Å². The van der Waals surface area contributed by atoms with Crippen molar-refractivity contribution in [1.29, 1.82) is 0 Å². The molecule has 0 atom stereocenters. The van der Waals surface area contributed by atoms with Crippen molar-refractivity contribution in [1.82, 2.24) is 25.0 Å². The van der Waals surface area contributed by atoms with E-state index in [0.29, 0.717) is 31.1 Å². The van der Waals surface area contributed by atoms with Crippen molar-refractivity contribution in [3.8, 4) is 0 Å². The smallest absolute Gasteiger partial charge is 0.274 e. The van der Waals surface area contributed by atoms with Gasteiger partial charge in [0, 0.05) is 51.7 Å². The van der Waals surface area contributed by atoms with Crippen LogP contribution >= 0.6 is 0 Å². The van der Waals surface area contributed by atoms with Crippen LogP contribution in [0.3, 0.4) is 0 Å². The Morgan fingerprint density at radius 3 is 2.38 bits per heavy atom. The molecule has 1 aromatic carbocycles. The second-order valence-electron chi connectivity index (χ2n) is 7.07. The van der Waals surface area contributed by atoms with Gasteiger partial charge in [0.25, 0.3) is 5.91 Å². The summed E-state index contributed by atoms with van der Waals surface area (Å²) in [5.41, 5.74) is 2.74. The maximum Gasteiger partial charge on any atom is 0.274 e. The van der Waals surface area contributed by atoms with E-state index in [1.807, 2.05) is 23.1 Å². The highest BCUT2D eigenvalue weighted by atomic mass is 16.2. The minimum absolute atomic E-state index is 0.0596. The molecule has 1 fully saturated rings. The van der Waals surface area contributed by atoms with Crippen LogP contribution < -0.4 is 5.32 Å². The summed E-state index contributed by atoms with van der Waals surface area (Å²) < 4.78 is 0. The molecule has 29 heavy (non-hydrogen) atoms. The van der Waals surface area contributed by atoms with Crippen molar-refractivity contribution in [2.75, 3.05) is 31.5 Å². The van der Waals surface area contributed by atoms with Crippen molar-refractivity contribution in [2.45, 2.75) is 13.1 Å². The van der Waals surface area contributed by atoms with Crippen LogP contribution in [0, 0.1) is 0 Å². The summed E-state index contributed by atoms with van der Waals surface area (Å²) in [7, 11) is 0. The van der Waals surface area contributed by atoms with Crippen molar-refractivity contribution in [3.05, 3.63) is 83.8 Å². The second-order valence-corrected chi connectivity index (χ2v) is 7.07. The van der Waals surface area contributed by atoms with Gasteiger partial charge in [-0.25, -0.2) is 0 Å². The van der Waals surface area contributed by atoms with Crippen LogP contribution in [0.2, 0.25) is 0 Å². The number of carbonyl (C=O) groups is 1. The zero-order valence-electron chi connectivity index (χ0n) is 16.2. The van der Waals surface area contributed by atoms with Crippen molar-refractivity contribution in [3.63, 3.8) is 0 Å². The average molecular weight is 388 g/mol. The van der Waals surface area contributed by atoms with Crippen LogP contribution in [0.25, 0.3) is 0 Å². The van der Waals surface area contributed by atoms with E-state index in [0.717, 1.165) is 25.2 Å². The van der Waals surface area contributed by atoms with Gasteiger partial charge in [0.05, 0.1) is 0 Å². The molecule has 7 heteroatoms. The van der Waals surface area contributed by atoms with E-state index < -0.39 is 0 Å². The monoisotopic (exact) mass is 388 g/mol. The fourth-order valence-electron chi connectivity index (χ4n) is 3.35. The fraction of sp³-hybridized carbons (Fsp3) is 0.273. The maximum atomic E-state index is 12.7. The third-order valence-electron chi connectivity index (χ3n) is 4.99. The molecule has 3 heterocycles. The fourth-order valence-corrected chi connectivity index (χ4v) is 3.35. The van der Waals surface area contributed by atoms with Crippen LogP contribution in [-0.2, 0) is 13.1 Å². The zero-order valence-corrected chi connectivity index (χ0v) is 16.2. The number of hydrogen-bond acceptors (Lipinski definition) is 6. The molecule has 1 aliphatic heterocycles. The van der Waals surface area contributed by atoms with Crippen molar-refractivity contribution in [2.24, 2.45) is 0 Å². The number of rotatable bonds is 6. The van der Waals surface area contributed by atoms with Crippen LogP contribution in [0.4, 0.5) is 5.82 Å². The number of carbonyl (C=O) groups excluding carboxylic acids is 1. The van der Waals surface area contributed by atoms with E-state index in [9.17, 15) is 4.79 Å². The van der Waals surface area contributed by atoms with E-state index in [1.165, 1.54) is 5.56 Å². The molecule has 0 spiro atoms. The summed E-state index contributed by atoms with van der Waals surface area (Å²) in [4.78, 5) is 21.0. The number of hydrogen-bond donors (Lipinski definition) is 1. The lowest BCUT2D eigenvalue weighted by Gasteiger charge is -2.34. The van der Waals surface area contributed by atoms with Gasteiger partial charge in [-0.1, -0.05) is 36.4 Å². The first-order valence-electron chi connectivity index (χ1n) is 9.80. The highest BCUT2D eigenvalue weighted by molar-refractivity contribution is 5.92. The Bertz CT molecular complexity index is 909. The Hall–Kier alpha value is -3.32. The lowest BCUT2D eigenvalue weighted by atomic mass is 10.2. The maximum absolute atomic E-state index is 12.7. The third kappa shape index (κ3) is 5.14. The van der Waals surface area contributed by atoms with Gasteiger partial charge in [-0.15, -0.1) is 10.2 Å². The number of pyridine rings is 1. The van der Waals surface area contributed by atoms with Crippen LogP contribution in [0.1, 0.15) is 21.6 Å². The molecule has 1 aliphatic rings. The minimum atomic E-state index is -0.0596. The number of nitrogens with one attached hydrogen (secondary N) is 1. The number of aromatic nitrogens is 3. The van der Waals surface area contributed by atoms with E-state index in [2.05, 4.69) is 49.7 Å². The lowest BCUT2D eigenvalue weighted by molar-refractivity contribution is 0.0621. The summed E-state index contributed by atoms with van der Waals surface area (Å²) in [5, 5.41) is 11.5. The lowest BCUT2D eigenvalue weighted by Crippen LogP contribution is -2.48. The molecule has 1 amide bonds. The predicted octanol–water partition coefficient (Wildman–Crippen LogP) is 2.44. The van der Waals surface area contributed by atoms with Gasteiger partial charge >= 0.3 is 0 Å². The van der Waals surface area contributed by atoms with Crippen LogP contribution in [0.5, 0.6) is 0 Å². The molecule has 2 aromatic heterocycles. The van der Waals surface area contributed by atoms with Crippen LogP contribution in [0.15, 0.2) is 67.0 Å². The molecular formula is C22H24N6O. The largest absolute Gasteiger partial charge is 0.364 e. The zero-order chi connectivity index (χ0) is 19.9. The predicted molar refractivity (Wildman–Crippen MR) is 111 cm³/mol. The van der Waals surface area contributed by atoms with Gasteiger partial charge in [0.15, 0.2) is 5.69 Å². The first kappa shape index (κ1) is 19.0. The summed E-state index contributed by atoms with van der Waals surface area (Å²) in [5.74, 6) is 0.578. The quantitative estimate of drug-likeness (QED) is 0.699. The Balaban J connectivity index is 1.27. The Morgan fingerprint density at radius 2 is 1.69 bits per heavy atom. The Labute approximate surface area is 170 Å². The summed E-state index contributed by atoms with van der Waals surface area (Å²) in [6.07, 6.45) is 3.54. The van der Waals surface area contributed by atoms with Gasteiger partial charge in [-0.05, 0) is 29.3 Å². The highest BCUT2D eigenvalue weighted by Crippen LogP contribution is 2.12. The molecule has 0 radical (unpaired) electrons. The van der Waals surface area contributed by atoms with Gasteiger partial charge in [-0.2, -0.15) is 0 Å². The average Bonchev–Trinajstić information content (AvgIpc) is 2.79. The molecule has 0 saturated carbocycles. The van der Waals surface area contributed by atoms with Gasteiger partial charge in [0.1, 0.15) is 5.82 Å². The molecular weight excluding hydrogens is 364 g/mol. The van der Waals surface area contributed by atoms with E-state index >= 15 is 0 Å². The summed E-state index contributed by atoms with van der Waals surface area (Å²) >= 11 is 0. The van der Waals surface area contributed by atoms with Crippen LogP contribution in [-0.4, -0.2) is 57.1 Å². The second kappa shape index (κ2) is 9.25. The Kier molecular flexibility index (Phi) is 6.07. The summed E-state index contributed by atoms with van der Waals surface area (Å²) in [6.45, 7) is 4.65. The van der Waals surface area contributed by atoms with Crippen molar-refractivity contribution >= 4 is 11.7 Å². The molecule has 4 rings (SSSR count). The van der Waals surface area contributed by atoms with Gasteiger partial charge in [-0.3, -0.25) is 14.7 Å². The molecule has 0 unspecified atom stereocenters. The first-order valence-corrected chi connectivity index (χ1v) is 9.80. The number of benzene rings is 1.